The van der Waals surface area contributed by atoms with E-state index in [4.69, 9.17) is 20.9 Å². The molecule has 0 spiro atoms. The van der Waals surface area contributed by atoms with E-state index < -0.39 is 5.69 Å². The van der Waals surface area contributed by atoms with Gasteiger partial charge in [0.1, 0.15) is 11.5 Å². The molecule has 0 saturated carbocycles. The number of unbranched alkanes of at least 4 members (excludes halogenated alkanes) is 12. The predicted octanol–water partition coefficient (Wildman–Crippen LogP) is 10.9. The van der Waals surface area contributed by atoms with Gasteiger partial charge < -0.3 is 9.05 Å². The Balaban J connectivity index is 1.68. The van der Waals surface area contributed by atoms with E-state index in [1.54, 1.807) is 0 Å². The largest absolute Gasteiger partial charge is 0.428 e. The number of hydrogen-bond donors (Lipinski definition) is 1. The van der Waals surface area contributed by atoms with Crippen molar-refractivity contribution in [1.29, 1.82) is 0 Å². The molecule has 0 aliphatic heterocycles. The summed E-state index contributed by atoms with van der Waals surface area (Å²) in [6, 6.07) is 16.5. The zero-order valence-electron chi connectivity index (χ0n) is 22.1. The van der Waals surface area contributed by atoms with Gasteiger partial charge in [-0.1, -0.05) is 127 Å². The van der Waals surface area contributed by atoms with Crippen LogP contribution in [-0.4, -0.2) is 0 Å². The average molecular weight is 535 g/mol. The first kappa shape index (κ1) is 30.3. The fraction of sp³-hybridized carbons (Fsp3) is 0.600. The molecule has 0 saturated heterocycles. The maximum absolute atomic E-state index is 5.96. The second-order valence-electron chi connectivity index (χ2n) is 9.68. The van der Waals surface area contributed by atoms with Gasteiger partial charge in [-0.2, -0.15) is 0 Å². The van der Waals surface area contributed by atoms with Crippen molar-refractivity contribution in [2.45, 2.75) is 117 Å². The van der Waals surface area contributed by atoms with Crippen molar-refractivity contribution in [1.82, 2.24) is 0 Å². The van der Waals surface area contributed by atoms with Gasteiger partial charge in [0.15, 0.2) is 0 Å². The molecule has 0 radical (unpaired) electrons. The minimum absolute atomic E-state index is 0.724. The van der Waals surface area contributed by atoms with Gasteiger partial charge >= 0.3 is 5.69 Å². The Hall–Kier alpha value is -0.960. The van der Waals surface area contributed by atoms with Gasteiger partial charge in [-0.15, -0.1) is 0 Å². The third-order valence-corrected chi connectivity index (χ3v) is 8.25. The molecule has 0 bridgehead atoms. The zero-order chi connectivity index (χ0) is 25.2. The van der Waals surface area contributed by atoms with E-state index in [0.29, 0.717) is 0 Å². The molecule has 0 heterocycles. The summed E-state index contributed by atoms with van der Waals surface area (Å²) in [5.74, 6) is 1.45. The quantitative estimate of drug-likeness (QED) is 0.103. The minimum atomic E-state index is -2.72. The molecule has 2 aromatic carbocycles. The molecule has 0 unspecified atom stereocenters. The third kappa shape index (κ3) is 14.4. The maximum atomic E-state index is 5.96. The van der Waals surface area contributed by atoms with E-state index in [9.17, 15) is 0 Å². The van der Waals surface area contributed by atoms with E-state index in [1.807, 2.05) is 24.3 Å². The van der Waals surface area contributed by atoms with E-state index in [1.165, 1.54) is 101 Å². The van der Waals surface area contributed by atoms with Crippen LogP contribution in [0.5, 0.6) is 11.5 Å². The van der Waals surface area contributed by atoms with Crippen molar-refractivity contribution in [2.75, 3.05) is 0 Å². The molecule has 196 valence electrons. The summed E-state index contributed by atoms with van der Waals surface area (Å²) >= 11 is 10.1. The number of rotatable bonds is 20. The summed E-state index contributed by atoms with van der Waals surface area (Å²) in [6.45, 7) is 4.53. The molecule has 0 aliphatic rings. The normalized spacial score (nSPS) is 11.5. The summed E-state index contributed by atoms with van der Waals surface area (Å²) in [6.07, 6.45) is 20.9. The molecular formula is C30H47O2PS2. The first-order valence-corrected chi connectivity index (χ1v) is 17.7. The highest BCUT2D eigenvalue weighted by atomic mass is 32.9. The van der Waals surface area contributed by atoms with Crippen molar-refractivity contribution in [3.63, 3.8) is 0 Å². The van der Waals surface area contributed by atoms with Crippen molar-refractivity contribution in [2.24, 2.45) is 0 Å². The second kappa shape index (κ2) is 18.3. The highest BCUT2D eigenvalue weighted by Gasteiger charge is 2.17. The van der Waals surface area contributed by atoms with Gasteiger partial charge in [-0.05, 0) is 72.9 Å². The first-order chi connectivity index (χ1) is 17.0. The number of aryl methyl sites for hydroxylation is 2. The Morgan fingerprint density at radius 2 is 0.857 bits per heavy atom. The van der Waals surface area contributed by atoms with Crippen LogP contribution >= 0.6 is 17.9 Å². The molecular weight excluding hydrogens is 487 g/mol. The Morgan fingerprint density at radius 1 is 0.543 bits per heavy atom. The number of thiol groups is 1. The lowest BCUT2D eigenvalue weighted by Gasteiger charge is -2.19. The zero-order valence-corrected chi connectivity index (χ0v) is 24.7. The molecule has 0 atom stereocenters. The fourth-order valence-electron chi connectivity index (χ4n) is 4.29. The average Bonchev–Trinajstić information content (AvgIpc) is 2.84. The standard InChI is InChI=1S/C30H47O2PS2/c1-3-5-7-9-11-13-15-17-27-19-23-29(24-20-27)31-33(34,35)32-30-25-21-28(22-26-30)18-16-14-12-10-8-6-4-2/h19-26H,3-18H2,1-2H3,(H,34,35). The topological polar surface area (TPSA) is 18.5 Å². The van der Waals surface area contributed by atoms with Gasteiger partial charge in [0.05, 0.1) is 0 Å². The molecule has 0 aliphatic carbocycles. The number of hydrogen-bond acceptors (Lipinski definition) is 3. The van der Waals surface area contributed by atoms with Gasteiger partial charge in [0.25, 0.3) is 0 Å². The third-order valence-electron chi connectivity index (χ3n) is 6.43. The highest BCUT2D eigenvalue weighted by molar-refractivity contribution is 8.60. The molecule has 0 N–H and O–H groups in total. The highest BCUT2D eigenvalue weighted by Crippen LogP contribution is 2.53. The van der Waals surface area contributed by atoms with Gasteiger partial charge in [-0.25, -0.2) is 0 Å². The summed E-state index contributed by atoms with van der Waals surface area (Å²) in [5.41, 5.74) is -0.0314. The van der Waals surface area contributed by atoms with Gasteiger partial charge in [-0.3, -0.25) is 0 Å². The summed E-state index contributed by atoms with van der Waals surface area (Å²) in [5, 5.41) is 0. The molecule has 2 rings (SSSR count). The van der Waals surface area contributed by atoms with E-state index >= 15 is 0 Å². The lowest BCUT2D eigenvalue weighted by atomic mass is 10.0. The fourth-order valence-corrected chi connectivity index (χ4v) is 6.19. The van der Waals surface area contributed by atoms with Crippen LogP contribution in [0.3, 0.4) is 0 Å². The van der Waals surface area contributed by atoms with Crippen LogP contribution in [0.2, 0.25) is 0 Å². The first-order valence-electron chi connectivity index (χ1n) is 13.9. The van der Waals surface area contributed by atoms with E-state index in [2.05, 4.69) is 50.4 Å². The van der Waals surface area contributed by atoms with Crippen LogP contribution in [0.25, 0.3) is 0 Å². The van der Waals surface area contributed by atoms with Crippen LogP contribution < -0.4 is 9.05 Å². The van der Waals surface area contributed by atoms with Crippen molar-refractivity contribution >= 4 is 29.7 Å². The summed E-state index contributed by atoms with van der Waals surface area (Å²) < 4.78 is 11.9. The Morgan fingerprint density at radius 3 is 1.20 bits per heavy atom. The summed E-state index contributed by atoms with van der Waals surface area (Å²) in [4.78, 5) is 0. The van der Waals surface area contributed by atoms with Gasteiger partial charge in [0.2, 0.25) is 0 Å². The Labute approximate surface area is 225 Å². The smallest absolute Gasteiger partial charge is 0.345 e. The monoisotopic (exact) mass is 534 g/mol. The van der Waals surface area contributed by atoms with Crippen LogP contribution in [0, 0.1) is 0 Å². The van der Waals surface area contributed by atoms with Crippen LogP contribution in [0.1, 0.15) is 115 Å². The summed E-state index contributed by atoms with van der Waals surface area (Å²) in [7, 11) is 0. The Bertz CT molecular complexity index is 769. The minimum Gasteiger partial charge on any atom is -0.428 e. The maximum Gasteiger partial charge on any atom is 0.345 e. The molecule has 5 heteroatoms. The molecule has 2 aromatic rings. The lowest BCUT2D eigenvalue weighted by molar-refractivity contribution is 0.506. The molecule has 0 amide bonds. The van der Waals surface area contributed by atoms with Gasteiger partial charge in [0, 0.05) is 0 Å². The second-order valence-corrected chi connectivity index (χ2v) is 14.8. The van der Waals surface area contributed by atoms with Crippen LogP contribution in [-0.2, 0) is 24.6 Å². The lowest BCUT2D eigenvalue weighted by Crippen LogP contribution is -1.96. The van der Waals surface area contributed by atoms with Crippen molar-refractivity contribution < 1.29 is 9.05 Å². The van der Waals surface area contributed by atoms with E-state index in [0.717, 1.165) is 24.3 Å². The number of benzene rings is 2. The van der Waals surface area contributed by atoms with Crippen molar-refractivity contribution in [3.05, 3.63) is 59.7 Å². The van der Waals surface area contributed by atoms with Crippen LogP contribution in [0.15, 0.2) is 48.5 Å². The molecule has 0 aromatic heterocycles. The van der Waals surface area contributed by atoms with Crippen LogP contribution in [0.4, 0.5) is 0 Å². The van der Waals surface area contributed by atoms with E-state index in [-0.39, 0.29) is 0 Å². The van der Waals surface area contributed by atoms with Crippen molar-refractivity contribution in [3.8, 4) is 11.5 Å². The molecule has 0 fully saturated rings. The SMILES string of the molecule is CCCCCCCCCc1ccc(OP(=S)(S)Oc2ccc(CCCCCCCCC)cc2)cc1. The Kier molecular flexibility index (Phi) is 15.8. The predicted molar refractivity (Wildman–Crippen MR) is 161 cm³/mol. The molecule has 2 nitrogen and oxygen atoms in total. The molecule has 35 heavy (non-hydrogen) atoms.